The van der Waals surface area contributed by atoms with E-state index in [1.807, 2.05) is 0 Å². The molecule has 1 rings (SSSR count). The molecule has 2 nitrogen and oxygen atoms in total. The Balaban J connectivity index is 2.18. The summed E-state index contributed by atoms with van der Waals surface area (Å²) in [5, 5.41) is 0.796. The molecule has 17 heavy (non-hydrogen) atoms. The van der Waals surface area contributed by atoms with Crippen molar-refractivity contribution in [3.8, 4) is 0 Å². The monoisotopic (exact) mass is 258 g/mol. The molecule has 0 aromatic rings. The molecule has 2 unspecified atom stereocenters. The summed E-state index contributed by atoms with van der Waals surface area (Å²) < 4.78 is 0. The molecule has 0 aliphatic carbocycles. The molecule has 1 aliphatic rings. The van der Waals surface area contributed by atoms with Gasteiger partial charge in [0.1, 0.15) is 0 Å². The summed E-state index contributed by atoms with van der Waals surface area (Å²) in [6.07, 6.45) is 3.90. The number of unbranched alkanes of at least 4 members (excludes halogenated alkanes) is 1. The molecular weight excluding hydrogens is 228 g/mol. The molecule has 0 radical (unpaired) electrons. The highest BCUT2D eigenvalue weighted by Crippen LogP contribution is 2.25. The molecule has 2 N–H and O–H groups in total. The maximum Gasteiger partial charge on any atom is 0.0184 e. The average Bonchev–Trinajstić information content (AvgIpc) is 2.30. The zero-order valence-corrected chi connectivity index (χ0v) is 12.9. The van der Waals surface area contributed by atoms with Crippen molar-refractivity contribution in [2.24, 2.45) is 11.1 Å². The summed E-state index contributed by atoms with van der Waals surface area (Å²) in [5.74, 6) is 1.31. The van der Waals surface area contributed by atoms with Gasteiger partial charge >= 0.3 is 0 Å². The van der Waals surface area contributed by atoms with Crippen molar-refractivity contribution in [3.05, 3.63) is 0 Å². The van der Waals surface area contributed by atoms with Crippen LogP contribution in [0.3, 0.4) is 0 Å². The fourth-order valence-corrected chi connectivity index (χ4v) is 3.49. The number of nitrogens with zero attached hydrogens (tertiary/aromatic N) is 1. The van der Waals surface area contributed by atoms with Crippen molar-refractivity contribution in [3.63, 3.8) is 0 Å². The molecule has 1 aliphatic heterocycles. The third-order valence-electron chi connectivity index (χ3n) is 4.12. The maximum atomic E-state index is 5.76. The summed E-state index contributed by atoms with van der Waals surface area (Å²) >= 11 is 2.12. The van der Waals surface area contributed by atoms with Crippen molar-refractivity contribution in [2.45, 2.75) is 58.2 Å². The van der Waals surface area contributed by atoms with Gasteiger partial charge in [0.05, 0.1) is 0 Å². The quantitative estimate of drug-likeness (QED) is 0.743. The van der Waals surface area contributed by atoms with Crippen LogP contribution in [0, 0.1) is 5.41 Å². The highest BCUT2D eigenvalue weighted by atomic mass is 32.2. The predicted molar refractivity (Wildman–Crippen MR) is 79.6 cm³/mol. The van der Waals surface area contributed by atoms with Gasteiger partial charge in [0.25, 0.3) is 0 Å². The number of hydrogen-bond acceptors (Lipinski definition) is 3. The summed E-state index contributed by atoms with van der Waals surface area (Å²) in [6, 6.07) is 0.747. The summed E-state index contributed by atoms with van der Waals surface area (Å²) in [6.45, 7) is 12.6. The number of hydrogen-bond donors (Lipinski definition) is 1. The van der Waals surface area contributed by atoms with Crippen molar-refractivity contribution < 1.29 is 0 Å². The molecule has 0 aromatic heterocycles. The van der Waals surface area contributed by atoms with Gasteiger partial charge in [-0.25, -0.2) is 0 Å². The largest absolute Gasteiger partial charge is 0.330 e. The second-order valence-corrected chi connectivity index (χ2v) is 7.66. The first-order chi connectivity index (χ1) is 7.96. The molecule has 102 valence electrons. The molecule has 2 atom stereocenters. The van der Waals surface area contributed by atoms with Crippen LogP contribution in [0.25, 0.3) is 0 Å². The molecule has 1 saturated heterocycles. The van der Waals surface area contributed by atoms with E-state index in [4.69, 9.17) is 5.73 Å². The third kappa shape index (κ3) is 5.19. The van der Waals surface area contributed by atoms with Crippen LogP contribution in [-0.2, 0) is 0 Å². The third-order valence-corrected chi connectivity index (χ3v) is 5.45. The Morgan fingerprint density at radius 3 is 2.65 bits per heavy atom. The predicted octanol–water partition coefficient (Wildman–Crippen LogP) is 2.97. The van der Waals surface area contributed by atoms with Gasteiger partial charge in [-0.15, -0.1) is 0 Å². The maximum absolute atomic E-state index is 5.76. The van der Waals surface area contributed by atoms with Gasteiger partial charge in [-0.05, 0) is 38.3 Å². The van der Waals surface area contributed by atoms with Gasteiger partial charge in [0, 0.05) is 23.6 Å². The molecule has 1 heterocycles. The van der Waals surface area contributed by atoms with Crippen molar-refractivity contribution >= 4 is 11.8 Å². The summed E-state index contributed by atoms with van der Waals surface area (Å²) in [5.41, 5.74) is 6.09. The molecule has 3 heteroatoms. The highest BCUT2D eigenvalue weighted by molar-refractivity contribution is 8.00. The molecular formula is C14H30N2S. The minimum absolute atomic E-state index is 0.330. The summed E-state index contributed by atoms with van der Waals surface area (Å²) in [4.78, 5) is 2.66. The first-order valence-corrected chi connectivity index (χ1v) is 8.07. The second kappa shape index (κ2) is 7.01. The topological polar surface area (TPSA) is 29.3 Å². The first kappa shape index (κ1) is 15.3. The number of rotatable bonds is 6. The molecule has 0 saturated carbocycles. The molecule has 0 aromatic carbocycles. The normalized spacial score (nSPS) is 27.4. The highest BCUT2D eigenvalue weighted by Gasteiger charge is 2.24. The van der Waals surface area contributed by atoms with Crippen LogP contribution in [0.5, 0.6) is 0 Å². The van der Waals surface area contributed by atoms with E-state index in [1.165, 1.54) is 38.1 Å². The van der Waals surface area contributed by atoms with E-state index in [9.17, 15) is 0 Å². The summed E-state index contributed by atoms with van der Waals surface area (Å²) in [7, 11) is 0. The Labute approximate surface area is 112 Å². The fraction of sp³-hybridized carbons (Fsp3) is 1.00. The van der Waals surface area contributed by atoms with E-state index < -0.39 is 0 Å². The van der Waals surface area contributed by atoms with E-state index in [-0.39, 0.29) is 0 Å². The molecule has 1 fully saturated rings. The minimum Gasteiger partial charge on any atom is -0.330 e. The van der Waals surface area contributed by atoms with E-state index in [0.29, 0.717) is 5.41 Å². The van der Waals surface area contributed by atoms with Crippen LogP contribution in [0.4, 0.5) is 0 Å². The minimum atomic E-state index is 0.330. The van der Waals surface area contributed by atoms with E-state index in [1.54, 1.807) is 0 Å². The molecule has 0 amide bonds. The standard InChI is InChI=1S/C14H30N2S/c1-12-13(2)17-10-9-16(12)8-6-5-7-14(3,4)11-15/h12-13H,5-11,15H2,1-4H3. The number of nitrogens with two attached hydrogens (primary N) is 1. The van der Waals surface area contributed by atoms with Gasteiger partial charge in [-0.2, -0.15) is 11.8 Å². The molecule has 0 bridgehead atoms. The van der Waals surface area contributed by atoms with Crippen LogP contribution in [0.1, 0.15) is 47.0 Å². The van der Waals surface area contributed by atoms with Gasteiger partial charge < -0.3 is 5.73 Å². The smallest absolute Gasteiger partial charge is 0.0184 e. The zero-order chi connectivity index (χ0) is 12.9. The Bertz CT molecular complexity index is 218. The van der Waals surface area contributed by atoms with Gasteiger partial charge in [-0.3, -0.25) is 4.90 Å². The van der Waals surface area contributed by atoms with Crippen LogP contribution < -0.4 is 5.73 Å². The number of thioether (sulfide) groups is 1. The molecule has 0 spiro atoms. The van der Waals surface area contributed by atoms with Crippen molar-refractivity contribution in [1.82, 2.24) is 4.90 Å². The first-order valence-electron chi connectivity index (χ1n) is 7.02. The van der Waals surface area contributed by atoms with Crippen LogP contribution >= 0.6 is 11.8 Å². The van der Waals surface area contributed by atoms with E-state index in [2.05, 4.69) is 44.4 Å². The van der Waals surface area contributed by atoms with Gasteiger partial charge in [0.2, 0.25) is 0 Å². The van der Waals surface area contributed by atoms with Crippen molar-refractivity contribution in [2.75, 3.05) is 25.4 Å². The lowest BCUT2D eigenvalue weighted by Gasteiger charge is -2.37. The van der Waals surface area contributed by atoms with Crippen molar-refractivity contribution in [1.29, 1.82) is 0 Å². The van der Waals surface area contributed by atoms with E-state index in [0.717, 1.165) is 17.8 Å². The van der Waals surface area contributed by atoms with Gasteiger partial charge in [0.15, 0.2) is 0 Å². The Hall–Kier alpha value is 0.270. The van der Waals surface area contributed by atoms with Crippen LogP contribution in [0.2, 0.25) is 0 Å². The van der Waals surface area contributed by atoms with E-state index >= 15 is 0 Å². The lowest BCUT2D eigenvalue weighted by molar-refractivity contribution is 0.204. The second-order valence-electron chi connectivity index (χ2n) is 6.18. The SMILES string of the molecule is CC1SCCN(CCCCC(C)(C)CN)C1C. The zero-order valence-electron chi connectivity index (χ0n) is 12.0. The Morgan fingerprint density at radius 2 is 2.00 bits per heavy atom. The van der Waals surface area contributed by atoms with Crippen LogP contribution in [0.15, 0.2) is 0 Å². The lowest BCUT2D eigenvalue weighted by Crippen LogP contribution is -2.44. The fourth-order valence-electron chi connectivity index (χ4n) is 2.33. The van der Waals surface area contributed by atoms with Crippen LogP contribution in [-0.4, -0.2) is 41.6 Å². The Kier molecular flexibility index (Phi) is 6.32. The average molecular weight is 258 g/mol. The lowest BCUT2D eigenvalue weighted by atomic mass is 9.87. The van der Waals surface area contributed by atoms with Gasteiger partial charge in [-0.1, -0.05) is 27.2 Å². The Morgan fingerprint density at radius 1 is 1.29 bits per heavy atom.